The summed E-state index contributed by atoms with van der Waals surface area (Å²) < 4.78 is 5.25. The minimum atomic E-state index is -0.958. The van der Waals surface area contributed by atoms with E-state index >= 15 is 0 Å². The van der Waals surface area contributed by atoms with E-state index in [0.717, 1.165) is 6.26 Å². The van der Waals surface area contributed by atoms with E-state index in [1.807, 2.05) is 6.07 Å². The molecule has 0 unspecified atom stereocenters. The minimum Gasteiger partial charge on any atom is -0.444 e. The van der Waals surface area contributed by atoms with Gasteiger partial charge in [-0.15, -0.1) is 0 Å². The van der Waals surface area contributed by atoms with Crippen LogP contribution in [-0.2, 0) is 4.84 Å². The van der Waals surface area contributed by atoms with Gasteiger partial charge in [-0.1, -0.05) is 35.4 Å². The lowest BCUT2D eigenvalue weighted by atomic mass is 10.1. The maximum absolute atomic E-state index is 12.2. The first-order valence-electron chi connectivity index (χ1n) is 7.36. The summed E-state index contributed by atoms with van der Waals surface area (Å²) in [4.78, 5) is 45.5. The Labute approximate surface area is 141 Å². The predicted molar refractivity (Wildman–Crippen MR) is 84.3 cm³/mol. The first kappa shape index (κ1) is 14.8. The van der Waals surface area contributed by atoms with Crippen molar-refractivity contribution in [3.8, 4) is 11.5 Å². The van der Waals surface area contributed by atoms with Crippen molar-refractivity contribution in [1.29, 1.82) is 0 Å². The molecule has 0 fully saturated rings. The number of rotatable bonds is 3. The molecule has 122 valence electrons. The molecule has 2 aromatic carbocycles. The fraction of sp³-hybridized carbons (Fsp3) is 0. The van der Waals surface area contributed by atoms with Crippen LogP contribution < -0.4 is 0 Å². The second-order valence-corrected chi connectivity index (χ2v) is 5.23. The standard InChI is InChI=1S/C18H10N2O5/c21-16-12-8-4-5-9-13(12)17(22)20(16)25-18(23)14-10-24-15(19-14)11-6-2-1-3-7-11/h1-10H. The molecule has 0 saturated heterocycles. The Balaban J connectivity index is 1.55. The molecule has 2 amide bonds. The molecule has 1 aliphatic heterocycles. The molecule has 1 aliphatic rings. The Hall–Kier alpha value is -3.74. The summed E-state index contributed by atoms with van der Waals surface area (Å²) in [5, 5.41) is 0.434. The summed E-state index contributed by atoms with van der Waals surface area (Å²) in [6.45, 7) is 0. The average molecular weight is 334 g/mol. The van der Waals surface area contributed by atoms with E-state index in [2.05, 4.69) is 4.98 Å². The van der Waals surface area contributed by atoms with Crippen LogP contribution in [0.25, 0.3) is 11.5 Å². The summed E-state index contributed by atoms with van der Waals surface area (Å²) in [6.07, 6.45) is 1.11. The number of hydroxylamine groups is 2. The maximum atomic E-state index is 12.2. The van der Waals surface area contributed by atoms with Gasteiger partial charge in [0.05, 0.1) is 11.1 Å². The van der Waals surface area contributed by atoms with Crippen molar-refractivity contribution in [2.24, 2.45) is 0 Å². The van der Waals surface area contributed by atoms with E-state index in [-0.39, 0.29) is 22.7 Å². The molecule has 25 heavy (non-hydrogen) atoms. The van der Waals surface area contributed by atoms with Gasteiger partial charge in [-0.2, -0.15) is 0 Å². The summed E-state index contributed by atoms with van der Waals surface area (Å²) in [6, 6.07) is 15.2. The van der Waals surface area contributed by atoms with Crippen molar-refractivity contribution in [2.45, 2.75) is 0 Å². The fourth-order valence-corrected chi connectivity index (χ4v) is 2.46. The zero-order valence-electron chi connectivity index (χ0n) is 12.7. The molecule has 0 radical (unpaired) electrons. The number of hydrogen-bond donors (Lipinski definition) is 0. The molecule has 4 rings (SSSR count). The van der Waals surface area contributed by atoms with E-state index in [0.29, 0.717) is 10.6 Å². The van der Waals surface area contributed by atoms with E-state index in [1.165, 1.54) is 12.1 Å². The van der Waals surface area contributed by atoms with Crippen LogP contribution in [0.1, 0.15) is 31.2 Å². The third-order valence-corrected chi connectivity index (χ3v) is 3.67. The van der Waals surface area contributed by atoms with Crippen LogP contribution in [0, 0.1) is 0 Å². The quantitative estimate of drug-likeness (QED) is 0.684. The van der Waals surface area contributed by atoms with Crippen LogP contribution in [0.5, 0.6) is 0 Å². The van der Waals surface area contributed by atoms with Gasteiger partial charge in [0.25, 0.3) is 11.8 Å². The number of oxazole rings is 1. The van der Waals surface area contributed by atoms with Crippen LogP contribution in [0.2, 0.25) is 0 Å². The first-order valence-corrected chi connectivity index (χ1v) is 7.36. The molecule has 0 aliphatic carbocycles. The maximum Gasteiger partial charge on any atom is 0.385 e. The van der Waals surface area contributed by atoms with Crippen LogP contribution in [0.4, 0.5) is 0 Å². The zero-order valence-corrected chi connectivity index (χ0v) is 12.7. The van der Waals surface area contributed by atoms with E-state index < -0.39 is 17.8 Å². The van der Waals surface area contributed by atoms with E-state index in [4.69, 9.17) is 9.25 Å². The predicted octanol–water partition coefficient (Wildman–Crippen LogP) is 2.71. The van der Waals surface area contributed by atoms with Gasteiger partial charge in [-0.3, -0.25) is 9.59 Å². The molecule has 2 heterocycles. The molecule has 1 aromatic heterocycles. The van der Waals surface area contributed by atoms with Gasteiger partial charge in [0.15, 0.2) is 5.69 Å². The normalized spacial score (nSPS) is 13.0. The third kappa shape index (κ3) is 2.47. The lowest BCUT2D eigenvalue weighted by Gasteiger charge is -2.11. The second-order valence-electron chi connectivity index (χ2n) is 5.23. The van der Waals surface area contributed by atoms with Crippen LogP contribution >= 0.6 is 0 Å². The molecule has 7 nitrogen and oxygen atoms in total. The second kappa shape index (κ2) is 5.72. The molecule has 3 aromatic rings. The highest BCUT2D eigenvalue weighted by atomic mass is 16.7. The summed E-state index contributed by atoms with van der Waals surface area (Å²) >= 11 is 0. The number of nitrogens with zero attached hydrogens (tertiary/aromatic N) is 2. The monoisotopic (exact) mass is 334 g/mol. The lowest BCUT2D eigenvalue weighted by molar-refractivity contribution is -0.0588. The lowest BCUT2D eigenvalue weighted by Crippen LogP contribution is -2.32. The molecule has 0 N–H and O–H groups in total. The van der Waals surface area contributed by atoms with Gasteiger partial charge in [-0.25, -0.2) is 9.78 Å². The molecule has 0 saturated carbocycles. The zero-order chi connectivity index (χ0) is 17.4. The largest absolute Gasteiger partial charge is 0.444 e. The Morgan fingerprint density at radius 2 is 1.52 bits per heavy atom. The molecular weight excluding hydrogens is 324 g/mol. The van der Waals surface area contributed by atoms with Crippen molar-refractivity contribution in [3.05, 3.63) is 77.7 Å². The van der Waals surface area contributed by atoms with Gasteiger partial charge in [-0.05, 0) is 24.3 Å². The van der Waals surface area contributed by atoms with Gasteiger partial charge >= 0.3 is 5.97 Å². The summed E-state index contributed by atoms with van der Waals surface area (Å²) in [5.41, 5.74) is 0.911. The number of carbonyl (C=O) groups is 3. The van der Waals surface area contributed by atoms with Gasteiger partial charge in [0.2, 0.25) is 5.89 Å². The number of aromatic nitrogens is 1. The minimum absolute atomic E-state index is 0.143. The fourth-order valence-electron chi connectivity index (χ4n) is 2.46. The highest BCUT2D eigenvalue weighted by Crippen LogP contribution is 2.24. The third-order valence-electron chi connectivity index (χ3n) is 3.67. The van der Waals surface area contributed by atoms with Crippen LogP contribution in [-0.4, -0.2) is 27.8 Å². The van der Waals surface area contributed by atoms with Crippen molar-refractivity contribution in [1.82, 2.24) is 10.0 Å². The van der Waals surface area contributed by atoms with Gasteiger partial charge < -0.3 is 9.25 Å². The average Bonchev–Trinajstić information content (AvgIpc) is 3.23. The number of fused-ring (bicyclic) bond motifs is 1. The first-order chi connectivity index (χ1) is 12.1. The van der Waals surface area contributed by atoms with Gasteiger partial charge in [0, 0.05) is 5.56 Å². The highest BCUT2D eigenvalue weighted by Gasteiger charge is 2.39. The number of amides is 2. The molecule has 7 heteroatoms. The Morgan fingerprint density at radius 3 is 2.16 bits per heavy atom. The van der Waals surface area contributed by atoms with E-state index in [1.54, 1.807) is 36.4 Å². The number of hydrogen-bond acceptors (Lipinski definition) is 6. The number of imide groups is 1. The van der Waals surface area contributed by atoms with Crippen molar-refractivity contribution < 1.29 is 23.6 Å². The van der Waals surface area contributed by atoms with Crippen molar-refractivity contribution >= 4 is 17.8 Å². The smallest absolute Gasteiger partial charge is 0.385 e. The Bertz CT molecular complexity index is 958. The molecule has 0 spiro atoms. The number of carbonyl (C=O) groups excluding carboxylic acids is 3. The molecular formula is C18H10N2O5. The molecule has 0 bridgehead atoms. The SMILES string of the molecule is O=C(ON1C(=O)c2ccccc2C1=O)c1coc(-c2ccccc2)n1. The molecule has 0 atom stereocenters. The summed E-state index contributed by atoms with van der Waals surface area (Å²) in [5.74, 6) is -2.11. The van der Waals surface area contributed by atoms with E-state index in [9.17, 15) is 14.4 Å². The van der Waals surface area contributed by atoms with Crippen LogP contribution in [0.3, 0.4) is 0 Å². The highest BCUT2D eigenvalue weighted by molar-refractivity contribution is 6.21. The topological polar surface area (TPSA) is 89.7 Å². The van der Waals surface area contributed by atoms with Crippen LogP contribution in [0.15, 0.2) is 65.3 Å². The van der Waals surface area contributed by atoms with Crippen molar-refractivity contribution in [3.63, 3.8) is 0 Å². The van der Waals surface area contributed by atoms with Gasteiger partial charge in [0.1, 0.15) is 6.26 Å². The number of benzene rings is 2. The Morgan fingerprint density at radius 1 is 0.920 bits per heavy atom. The van der Waals surface area contributed by atoms with Crippen molar-refractivity contribution in [2.75, 3.05) is 0 Å². The Kier molecular flexibility index (Phi) is 3.39. The summed E-state index contributed by atoms with van der Waals surface area (Å²) in [7, 11) is 0.